The van der Waals surface area contributed by atoms with Gasteiger partial charge in [-0.05, 0) is 51.0 Å². The van der Waals surface area contributed by atoms with Crippen LogP contribution in [-0.2, 0) is 0 Å². The maximum atomic E-state index is 10.3. The molecule has 0 aromatic heterocycles. The highest BCUT2D eigenvalue weighted by atomic mass is 19.3. The van der Waals surface area contributed by atoms with E-state index in [2.05, 4.69) is 6.08 Å². The molecule has 1 saturated carbocycles. The summed E-state index contributed by atoms with van der Waals surface area (Å²) >= 11 is 0. The van der Waals surface area contributed by atoms with Gasteiger partial charge < -0.3 is 11.1 Å². The summed E-state index contributed by atoms with van der Waals surface area (Å²) in [7, 11) is 0. The zero-order valence-electron chi connectivity index (χ0n) is 12.0. The zero-order valence-corrected chi connectivity index (χ0v) is 12.0. The van der Waals surface area contributed by atoms with Crippen LogP contribution in [0.25, 0.3) is 0 Å². The molecule has 0 heterocycles. The van der Waals surface area contributed by atoms with Crippen molar-refractivity contribution >= 4 is 6.21 Å². The Morgan fingerprint density at radius 2 is 1.61 bits per heavy atom. The normalized spacial score (nSPS) is 23.4. The van der Waals surface area contributed by atoms with Gasteiger partial charge in [0.2, 0.25) is 6.43 Å². The molecular weight excluding hydrogens is 234 g/mol. The van der Waals surface area contributed by atoms with Crippen LogP contribution in [0.3, 0.4) is 0 Å². The fourth-order valence-electron chi connectivity index (χ4n) is 1.89. The number of allylic oxidation sites excluding steroid dienone is 2. The van der Waals surface area contributed by atoms with Crippen LogP contribution in [0.4, 0.5) is 8.78 Å². The molecule has 108 valence electrons. The van der Waals surface area contributed by atoms with Crippen molar-refractivity contribution in [2.45, 2.75) is 65.8 Å². The maximum Gasteiger partial charge on any atom is 0.235 e. The van der Waals surface area contributed by atoms with Crippen molar-refractivity contribution < 1.29 is 8.78 Å². The number of rotatable bonds is 2. The Bertz CT molecular complexity index is 217. The second kappa shape index (κ2) is 12.7. The Morgan fingerprint density at radius 3 is 1.89 bits per heavy atom. The van der Waals surface area contributed by atoms with E-state index in [0.717, 1.165) is 32.6 Å². The first-order valence-corrected chi connectivity index (χ1v) is 6.71. The van der Waals surface area contributed by atoms with Crippen LogP contribution in [0.5, 0.6) is 0 Å². The average molecular weight is 262 g/mol. The van der Waals surface area contributed by atoms with Crippen LogP contribution < -0.4 is 5.73 Å². The van der Waals surface area contributed by atoms with Crippen LogP contribution in [0, 0.1) is 11.3 Å². The lowest BCUT2D eigenvalue weighted by Crippen LogP contribution is -2.27. The molecule has 3 N–H and O–H groups in total. The fourth-order valence-corrected chi connectivity index (χ4v) is 1.89. The number of nitrogens with two attached hydrogens (primary N) is 1. The number of alkyl halides is 2. The first kappa shape index (κ1) is 19.6. The largest absolute Gasteiger partial charge is 0.328 e. The molecular formula is C14H28F2N2. The van der Waals surface area contributed by atoms with Crippen LogP contribution in [0.15, 0.2) is 11.6 Å². The molecule has 1 fully saturated rings. The molecule has 0 radical (unpaired) electrons. The van der Waals surface area contributed by atoms with Crippen molar-refractivity contribution in [3.05, 3.63) is 11.6 Å². The van der Waals surface area contributed by atoms with Gasteiger partial charge in [0.05, 0.1) is 0 Å². The van der Waals surface area contributed by atoms with E-state index in [9.17, 15) is 8.78 Å². The van der Waals surface area contributed by atoms with Gasteiger partial charge in [0.25, 0.3) is 0 Å². The number of halogens is 2. The molecule has 0 aromatic carbocycles. The van der Waals surface area contributed by atoms with Crippen molar-refractivity contribution in [1.82, 2.24) is 0 Å². The van der Waals surface area contributed by atoms with Crippen molar-refractivity contribution in [1.29, 1.82) is 5.41 Å². The fraction of sp³-hybridized carbons (Fsp3) is 0.786. The molecule has 0 atom stereocenters. The predicted molar refractivity (Wildman–Crippen MR) is 75.5 cm³/mol. The molecule has 1 aliphatic rings. The maximum absolute atomic E-state index is 10.3. The molecule has 0 spiro atoms. The molecule has 0 amide bonds. The molecule has 2 nitrogen and oxygen atoms in total. The van der Waals surface area contributed by atoms with E-state index in [-0.39, 0.29) is 0 Å². The Kier molecular flexibility index (Phi) is 13.8. The molecule has 0 aliphatic heterocycles. The van der Waals surface area contributed by atoms with Crippen LogP contribution in [-0.4, -0.2) is 18.7 Å². The predicted octanol–water partition coefficient (Wildman–Crippen LogP) is 4.40. The minimum Gasteiger partial charge on any atom is -0.328 e. The first-order valence-electron chi connectivity index (χ1n) is 6.71. The summed E-state index contributed by atoms with van der Waals surface area (Å²) in [4.78, 5) is 0. The van der Waals surface area contributed by atoms with E-state index in [0.29, 0.717) is 12.0 Å². The van der Waals surface area contributed by atoms with Crippen molar-refractivity contribution in [3.63, 3.8) is 0 Å². The lowest BCUT2D eigenvalue weighted by molar-refractivity contribution is 0.171. The van der Waals surface area contributed by atoms with Gasteiger partial charge in [0, 0.05) is 12.3 Å². The second-order valence-electron chi connectivity index (χ2n) is 4.06. The van der Waals surface area contributed by atoms with Gasteiger partial charge >= 0.3 is 0 Å². The van der Waals surface area contributed by atoms with Gasteiger partial charge in [-0.1, -0.05) is 19.9 Å². The van der Waals surface area contributed by atoms with Gasteiger partial charge in [-0.2, -0.15) is 0 Å². The molecule has 0 bridgehead atoms. The van der Waals surface area contributed by atoms with Gasteiger partial charge in [-0.25, -0.2) is 8.78 Å². The third-order valence-electron chi connectivity index (χ3n) is 2.74. The summed E-state index contributed by atoms with van der Waals surface area (Å²) < 4.78 is 20.7. The third kappa shape index (κ3) is 10.4. The summed E-state index contributed by atoms with van der Waals surface area (Å²) in [5.41, 5.74) is 6.99. The third-order valence-corrected chi connectivity index (χ3v) is 2.74. The van der Waals surface area contributed by atoms with Gasteiger partial charge in [-0.15, -0.1) is 0 Å². The molecule has 4 heteroatoms. The highest BCUT2D eigenvalue weighted by molar-refractivity contribution is 5.76. The Labute approximate surface area is 110 Å². The van der Waals surface area contributed by atoms with E-state index >= 15 is 0 Å². The van der Waals surface area contributed by atoms with E-state index < -0.39 is 6.43 Å². The Hall–Kier alpha value is -0.770. The summed E-state index contributed by atoms with van der Waals surface area (Å²) in [6.07, 6.45) is 5.94. The SMILES string of the molecule is C/C=C(\C=N)C1CCC(N)CC1.CC.CC(F)F. The van der Waals surface area contributed by atoms with Crippen molar-refractivity contribution in [2.75, 3.05) is 0 Å². The van der Waals surface area contributed by atoms with Gasteiger partial charge in [0.1, 0.15) is 0 Å². The molecule has 1 rings (SSSR count). The Morgan fingerprint density at radius 1 is 1.22 bits per heavy atom. The topological polar surface area (TPSA) is 49.9 Å². The number of hydrogen-bond donors (Lipinski definition) is 2. The number of nitrogens with one attached hydrogen (secondary N) is 1. The first-order chi connectivity index (χ1) is 8.51. The van der Waals surface area contributed by atoms with E-state index in [1.807, 2.05) is 20.8 Å². The minimum absolute atomic E-state index is 0.407. The average Bonchev–Trinajstić information content (AvgIpc) is 2.35. The summed E-state index contributed by atoms with van der Waals surface area (Å²) in [5, 5.41) is 7.22. The number of hydrogen-bond acceptors (Lipinski definition) is 2. The van der Waals surface area contributed by atoms with E-state index in [1.165, 1.54) is 11.8 Å². The standard InChI is InChI=1S/C10H18N2.C2H4F2.C2H6/c1-2-8(7-11)9-3-5-10(12)6-4-9;1-2(3)4;1-2/h2,7,9-11H,3-6,12H2,1H3;2H,1H3;1-2H3/b8-2+,11-7?;;. The van der Waals surface area contributed by atoms with Gasteiger partial charge in [0.15, 0.2) is 0 Å². The molecule has 0 aromatic rings. The molecule has 0 unspecified atom stereocenters. The van der Waals surface area contributed by atoms with Crippen LogP contribution in [0.2, 0.25) is 0 Å². The van der Waals surface area contributed by atoms with Gasteiger partial charge in [-0.3, -0.25) is 0 Å². The summed E-state index contributed by atoms with van der Waals surface area (Å²) in [5.74, 6) is 0.604. The molecule has 0 saturated heterocycles. The van der Waals surface area contributed by atoms with Crippen molar-refractivity contribution in [2.24, 2.45) is 11.7 Å². The Balaban J connectivity index is 0. The van der Waals surface area contributed by atoms with Crippen LogP contribution >= 0.6 is 0 Å². The smallest absolute Gasteiger partial charge is 0.235 e. The monoisotopic (exact) mass is 262 g/mol. The lowest BCUT2D eigenvalue weighted by Gasteiger charge is -2.26. The highest BCUT2D eigenvalue weighted by Gasteiger charge is 2.19. The quantitative estimate of drug-likeness (QED) is 0.712. The summed E-state index contributed by atoms with van der Waals surface area (Å²) in [6.45, 7) is 6.84. The highest BCUT2D eigenvalue weighted by Crippen LogP contribution is 2.28. The van der Waals surface area contributed by atoms with Crippen molar-refractivity contribution in [3.8, 4) is 0 Å². The van der Waals surface area contributed by atoms with Crippen LogP contribution in [0.1, 0.15) is 53.4 Å². The summed E-state index contributed by atoms with van der Waals surface area (Å²) in [6, 6.07) is 0.407. The molecule has 1 aliphatic carbocycles. The van der Waals surface area contributed by atoms with E-state index in [1.54, 1.807) is 0 Å². The molecule has 18 heavy (non-hydrogen) atoms. The zero-order chi connectivity index (χ0) is 14.6. The second-order valence-corrected chi connectivity index (χ2v) is 4.06. The minimum atomic E-state index is -2.17. The van der Waals surface area contributed by atoms with E-state index in [4.69, 9.17) is 11.1 Å². The lowest BCUT2D eigenvalue weighted by atomic mass is 9.82.